The molecule has 0 aromatic carbocycles. The maximum atomic E-state index is 4.39. The number of hydrogen-bond donors (Lipinski definition) is 1. The molecule has 0 fully saturated rings. The van der Waals surface area contributed by atoms with Crippen molar-refractivity contribution in [1.82, 2.24) is 0 Å². The Kier molecular flexibility index (Phi) is 2.89. The van der Waals surface area contributed by atoms with Crippen molar-refractivity contribution in [1.29, 1.82) is 0 Å². The van der Waals surface area contributed by atoms with Gasteiger partial charge < -0.3 is 0 Å². The molecule has 8 heavy (non-hydrogen) atoms. The molecular formula is C7H16S. The van der Waals surface area contributed by atoms with Gasteiger partial charge in [0.1, 0.15) is 0 Å². The van der Waals surface area contributed by atoms with E-state index in [1.165, 1.54) is 6.42 Å². The van der Waals surface area contributed by atoms with Crippen LogP contribution in [0, 0.1) is 5.92 Å². The fourth-order valence-electron chi connectivity index (χ4n) is 0.999. The first kappa shape index (κ1) is 8.35. The lowest BCUT2D eigenvalue weighted by atomic mass is 10.0. The Morgan fingerprint density at radius 2 is 1.75 bits per heavy atom. The second-order valence-corrected chi connectivity index (χ2v) is 4.62. The molecule has 0 bridgehead atoms. The molecule has 0 aliphatic rings. The van der Waals surface area contributed by atoms with E-state index in [0.717, 1.165) is 5.92 Å². The lowest BCUT2D eigenvalue weighted by Crippen LogP contribution is -2.13. The largest absolute Gasteiger partial charge is 0.173 e. The summed E-state index contributed by atoms with van der Waals surface area (Å²) in [5.74, 6) is 0.766. The Bertz CT molecular complexity index is 59.3. The molecule has 0 aromatic heterocycles. The van der Waals surface area contributed by atoms with E-state index in [1.807, 2.05) is 0 Å². The van der Waals surface area contributed by atoms with Crippen molar-refractivity contribution in [3.8, 4) is 0 Å². The summed E-state index contributed by atoms with van der Waals surface area (Å²) in [6.45, 7) is 8.74. The highest BCUT2D eigenvalue weighted by atomic mass is 32.1. The van der Waals surface area contributed by atoms with E-state index >= 15 is 0 Å². The van der Waals surface area contributed by atoms with E-state index in [2.05, 4.69) is 40.3 Å². The Balaban J connectivity index is 3.39. The van der Waals surface area contributed by atoms with Gasteiger partial charge >= 0.3 is 0 Å². The van der Waals surface area contributed by atoms with E-state index in [1.54, 1.807) is 0 Å². The Labute approximate surface area is 58.1 Å². The summed E-state index contributed by atoms with van der Waals surface area (Å²) in [5.41, 5.74) is 0. The van der Waals surface area contributed by atoms with E-state index in [9.17, 15) is 0 Å². The van der Waals surface area contributed by atoms with Gasteiger partial charge in [-0.15, -0.1) is 0 Å². The van der Waals surface area contributed by atoms with E-state index in [-0.39, 0.29) is 4.75 Å². The van der Waals surface area contributed by atoms with Crippen molar-refractivity contribution >= 4 is 12.6 Å². The molecule has 0 N–H and O–H groups in total. The molecule has 0 aliphatic carbocycles. The molecule has 0 aromatic rings. The fourth-order valence-corrected chi connectivity index (χ4v) is 1.36. The first-order chi connectivity index (χ1) is 3.42. The number of thiol groups is 1. The molecule has 0 nitrogen and oxygen atoms in total. The standard InChI is InChI=1S/C7H16S/c1-6(2)5-7(3,4)8/h6,8H,5H2,1-4H3. The van der Waals surface area contributed by atoms with Gasteiger partial charge in [-0.05, 0) is 12.3 Å². The third kappa shape index (κ3) is 6.35. The van der Waals surface area contributed by atoms with Crippen LogP contribution in [0.4, 0.5) is 0 Å². The van der Waals surface area contributed by atoms with Crippen molar-refractivity contribution in [2.24, 2.45) is 5.92 Å². The van der Waals surface area contributed by atoms with Crippen molar-refractivity contribution in [3.05, 3.63) is 0 Å². The quantitative estimate of drug-likeness (QED) is 0.549. The molecule has 0 amide bonds. The van der Waals surface area contributed by atoms with Crippen molar-refractivity contribution < 1.29 is 0 Å². The summed E-state index contributed by atoms with van der Waals surface area (Å²) in [6.07, 6.45) is 1.19. The van der Waals surface area contributed by atoms with Crippen LogP contribution in [0.2, 0.25) is 0 Å². The summed E-state index contributed by atoms with van der Waals surface area (Å²) in [7, 11) is 0. The SMILES string of the molecule is CC(C)CC(C)(C)S. The van der Waals surface area contributed by atoms with Gasteiger partial charge in [-0.25, -0.2) is 0 Å². The van der Waals surface area contributed by atoms with Gasteiger partial charge in [0.05, 0.1) is 0 Å². The van der Waals surface area contributed by atoms with E-state index in [4.69, 9.17) is 0 Å². The van der Waals surface area contributed by atoms with Crippen molar-refractivity contribution in [2.75, 3.05) is 0 Å². The molecule has 0 unspecified atom stereocenters. The smallest absolute Gasteiger partial charge is 0.00756 e. The Morgan fingerprint density at radius 1 is 1.38 bits per heavy atom. The van der Waals surface area contributed by atoms with Crippen molar-refractivity contribution in [3.63, 3.8) is 0 Å². The molecule has 0 atom stereocenters. The molecule has 0 rings (SSSR count). The molecule has 0 heterocycles. The van der Waals surface area contributed by atoms with Gasteiger partial charge in [0.25, 0.3) is 0 Å². The summed E-state index contributed by atoms with van der Waals surface area (Å²) in [4.78, 5) is 0. The van der Waals surface area contributed by atoms with Crippen LogP contribution in [0.5, 0.6) is 0 Å². The normalized spacial score (nSPS) is 12.8. The van der Waals surface area contributed by atoms with Crippen LogP contribution >= 0.6 is 12.6 Å². The van der Waals surface area contributed by atoms with Crippen LogP contribution < -0.4 is 0 Å². The maximum absolute atomic E-state index is 4.39. The average molecular weight is 132 g/mol. The van der Waals surface area contributed by atoms with Crippen LogP contribution in [-0.4, -0.2) is 4.75 Å². The zero-order valence-corrected chi connectivity index (χ0v) is 7.13. The molecule has 0 radical (unpaired) electrons. The topological polar surface area (TPSA) is 0 Å². The maximum Gasteiger partial charge on any atom is 0.00756 e. The van der Waals surface area contributed by atoms with Gasteiger partial charge in [-0.1, -0.05) is 27.7 Å². The van der Waals surface area contributed by atoms with Crippen molar-refractivity contribution in [2.45, 2.75) is 38.9 Å². The molecule has 0 aliphatic heterocycles. The van der Waals surface area contributed by atoms with Gasteiger partial charge in [-0.2, -0.15) is 12.6 Å². The van der Waals surface area contributed by atoms with Crippen LogP contribution in [0.3, 0.4) is 0 Å². The molecule has 0 saturated heterocycles. The predicted molar refractivity (Wildman–Crippen MR) is 42.5 cm³/mol. The zero-order valence-electron chi connectivity index (χ0n) is 6.23. The third-order valence-electron chi connectivity index (χ3n) is 0.908. The molecule has 0 spiro atoms. The Hall–Kier alpha value is 0.350. The average Bonchev–Trinajstić information content (AvgIpc) is 1.21. The van der Waals surface area contributed by atoms with Gasteiger partial charge in [0.15, 0.2) is 0 Å². The minimum absolute atomic E-state index is 0.216. The van der Waals surface area contributed by atoms with E-state index < -0.39 is 0 Å². The van der Waals surface area contributed by atoms with Crippen LogP contribution in [0.15, 0.2) is 0 Å². The highest BCUT2D eigenvalue weighted by Crippen LogP contribution is 2.21. The first-order valence-corrected chi connectivity index (χ1v) is 3.59. The van der Waals surface area contributed by atoms with Crippen LogP contribution in [0.25, 0.3) is 0 Å². The van der Waals surface area contributed by atoms with E-state index in [0.29, 0.717) is 0 Å². The minimum Gasteiger partial charge on any atom is -0.173 e. The van der Waals surface area contributed by atoms with Gasteiger partial charge in [0.2, 0.25) is 0 Å². The molecular weight excluding hydrogens is 116 g/mol. The zero-order chi connectivity index (χ0) is 6.78. The minimum atomic E-state index is 0.216. The summed E-state index contributed by atoms with van der Waals surface area (Å²) in [5, 5.41) is 0. The molecule has 1 heteroatoms. The Morgan fingerprint density at radius 3 is 1.75 bits per heavy atom. The lowest BCUT2D eigenvalue weighted by Gasteiger charge is -2.18. The second kappa shape index (κ2) is 2.77. The lowest BCUT2D eigenvalue weighted by molar-refractivity contribution is 0.506. The van der Waals surface area contributed by atoms with Gasteiger partial charge in [0, 0.05) is 4.75 Å². The highest BCUT2D eigenvalue weighted by molar-refractivity contribution is 7.81. The first-order valence-electron chi connectivity index (χ1n) is 3.14. The molecule has 50 valence electrons. The summed E-state index contributed by atoms with van der Waals surface area (Å²) >= 11 is 4.39. The summed E-state index contributed by atoms with van der Waals surface area (Å²) < 4.78 is 0.216. The fraction of sp³-hybridized carbons (Fsp3) is 1.00. The number of rotatable bonds is 2. The van der Waals surface area contributed by atoms with Crippen LogP contribution in [-0.2, 0) is 0 Å². The summed E-state index contributed by atoms with van der Waals surface area (Å²) in [6, 6.07) is 0. The van der Waals surface area contributed by atoms with Gasteiger partial charge in [-0.3, -0.25) is 0 Å². The predicted octanol–water partition coefficient (Wildman–Crippen LogP) is 2.74. The van der Waals surface area contributed by atoms with Crippen LogP contribution in [0.1, 0.15) is 34.1 Å². The highest BCUT2D eigenvalue weighted by Gasteiger charge is 2.12. The number of hydrogen-bond acceptors (Lipinski definition) is 1. The second-order valence-electron chi connectivity index (χ2n) is 3.41. The third-order valence-corrected chi connectivity index (χ3v) is 1.09. The molecule has 0 saturated carbocycles. The monoisotopic (exact) mass is 132 g/mol.